The molecule has 3 aromatic heterocycles. The summed E-state index contributed by atoms with van der Waals surface area (Å²) in [4.78, 5) is 50.3. The molecule has 0 fully saturated rings. The van der Waals surface area contributed by atoms with Gasteiger partial charge < -0.3 is 35.3 Å². The number of halogens is 3. The Balaban J connectivity index is 0.000000172. The number of ether oxygens (including phenoxy) is 3. The number of anilines is 3. The minimum Gasteiger partial charge on any atom is -0.492 e. The van der Waals surface area contributed by atoms with Gasteiger partial charge in [-0.05, 0) is 173 Å². The van der Waals surface area contributed by atoms with Gasteiger partial charge in [0.1, 0.15) is 33.8 Å². The fraction of sp³-hybridized carbons (Fsp3) is 0.143. The number of benzene rings is 6. The minimum absolute atomic E-state index is 0.160. The Hall–Kier alpha value is -7.24. The molecule has 9 rings (SSSR count). The summed E-state index contributed by atoms with van der Waals surface area (Å²) in [5, 5.41) is 18.9. The van der Waals surface area contributed by atoms with Gasteiger partial charge in [0.15, 0.2) is 0 Å². The van der Waals surface area contributed by atoms with E-state index in [1.165, 1.54) is 0 Å². The molecule has 0 saturated carbocycles. The number of pyridine rings is 3. The molecule has 13 nitrogen and oxygen atoms in total. The van der Waals surface area contributed by atoms with Crippen LogP contribution in [0.3, 0.4) is 0 Å². The van der Waals surface area contributed by atoms with Crippen molar-refractivity contribution in [1.29, 1.82) is 0 Å². The molecule has 4 N–H and O–H groups in total. The molecular weight excluding hydrogens is 1110 g/mol. The lowest BCUT2D eigenvalue weighted by atomic mass is 10.1. The van der Waals surface area contributed by atoms with Crippen LogP contribution in [0.25, 0.3) is 32.7 Å². The molecule has 0 aliphatic carbocycles. The van der Waals surface area contributed by atoms with E-state index >= 15 is 0 Å². The molecule has 3 amide bonds. The van der Waals surface area contributed by atoms with Crippen LogP contribution in [0.4, 0.5) is 17.1 Å². The molecule has 0 aliphatic rings. The number of hydrogen-bond acceptors (Lipinski definition) is 10. The van der Waals surface area contributed by atoms with Gasteiger partial charge in [-0.15, -0.1) is 0 Å². The number of aliphatic hydroxyl groups excluding tert-OH is 1. The average Bonchev–Trinajstić information content (AvgIpc) is 3.40. The number of aromatic nitrogens is 3. The number of aliphatic hydroxyl groups is 1. The molecule has 16 heteroatoms. The molecule has 368 valence electrons. The zero-order valence-corrected chi connectivity index (χ0v) is 44.5. The fourth-order valence-electron chi connectivity index (χ4n) is 6.97. The van der Waals surface area contributed by atoms with Gasteiger partial charge >= 0.3 is 0 Å². The van der Waals surface area contributed by atoms with Crippen LogP contribution in [-0.4, -0.2) is 64.2 Å². The smallest absolute Gasteiger partial charge is 0.255 e. The monoisotopic (exact) mass is 1160 g/mol. The van der Waals surface area contributed by atoms with Gasteiger partial charge in [0, 0.05) is 71.5 Å². The highest BCUT2D eigenvalue weighted by Crippen LogP contribution is 2.33. The topological polar surface area (TPSA) is 174 Å². The van der Waals surface area contributed by atoms with E-state index < -0.39 is 0 Å². The summed E-state index contributed by atoms with van der Waals surface area (Å²) in [5.41, 5.74) is 6.14. The van der Waals surface area contributed by atoms with Crippen molar-refractivity contribution in [2.45, 2.75) is 27.7 Å². The summed E-state index contributed by atoms with van der Waals surface area (Å²) < 4.78 is 19.6. The largest absolute Gasteiger partial charge is 0.492 e. The van der Waals surface area contributed by atoms with Crippen molar-refractivity contribution in [3.8, 4) is 17.2 Å². The molecule has 0 atom stereocenters. The van der Waals surface area contributed by atoms with Crippen LogP contribution in [0.5, 0.6) is 17.2 Å². The van der Waals surface area contributed by atoms with E-state index in [-0.39, 0.29) is 24.3 Å². The minimum atomic E-state index is -0.160. The van der Waals surface area contributed by atoms with Crippen LogP contribution in [0.15, 0.2) is 178 Å². The molecule has 0 saturated heterocycles. The summed E-state index contributed by atoms with van der Waals surface area (Å²) in [6, 6.07) is 44.0. The fourth-order valence-corrected chi connectivity index (χ4v) is 7.76. The molecule has 0 aliphatic heterocycles. The lowest BCUT2D eigenvalue weighted by Gasteiger charge is -2.12. The molecular formula is C56H51Br3N6O7. The van der Waals surface area contributed by atoms with Gasteiger partial charge in [-0.2, -0.15) is 0 Å². The van der Waals surface area contributed by atoms with E-state index in [4.69, 9.17) is 19.3 Å². The molecule has 9 aromatic rings. The molecule has 3 heterocycles. The van der Waals surface area contributed by atoms with Crippen LogP contribution in [0.2, 0.25) is 0 Å². The Kier molecular flexibility index (Phi) is 20.6. The third-order valence-corrected chi connectivity index (χ3v) is 11.7. The lowest BCUT2D eigenvalue weighted by Crippen LogP contribution is -2.12. The molecule has 0 unspecified atom stereocenters. The Morgan fingerprint density at radius 1 is 0.417 bits per heavy atom. The molecule has 0 radical (unpaired) electrons. The Morgan fingerprint density at radius 2 is 0.667 bits per heavy atom. The van der Waals surface area contributed by atoms with Crippen molar-refractivity contribution >= 4 is 115 Å². The second-order valence-electron chi connectivity index (χ2n) is 15.0. The summed E-state index contributed by atoms with van der Waals surface area (Å²) >= 11 is 10.1. The highest BCUT2D eigenvalue weighted by molar-refractivity contribution is 9.11. The van der Waals surface area contributed by atoms with E-state index in [2.05, 4.69) is 78.7 Å². The van der Waals surface area contributed by atoms with Crippen molar-refractivity contribution in [2.75, 3.05) is 42.4 Å². The highest BCUT2D eigenvalue weighted by Gasteiger charge is 2.15. The maximum absolute atomic E-state index is 12.4. The van der Waals surface area contributed by atoms with Crippen molar-refractivity contribution in [3.63, 3.8) is 0 Å². The highest BCUT2D eigenvalue weighted by atomic mass is 79.9. The van der Waals surface area contributed by atoms with Crippen LogP contribution in [-0.2, 0) is 0 Å². The number of carbonyl (C=O) groups excluding carboxylic acids is 3. The SMILES string of the molecule is CCO.CCOc1ccc(NC(=O)c2ccc(Br)cc2)c2cccnc12.CCOc1ccc(NC(=O)c2ccc(Br)cc2)c2cccnc12.CCOc1ccc(NC(=O)c2ccc(Br)cc2)c2cccnc12. The third-order valence-electron chi connectivity index (χ3n) is 10.2. The van der Waals surface area contributed by atoms with E-state index in [9.17, 15) is 14.4 Å². The number of rotatable bonds is 12. The van der Waals surface area contributed by atoms with Gasteiger partial charge in [-0.25, -0.2) is 0 Å². The van der Waals surface area contributed by atoms with Crippen molar-refractivity contribution in [3.05, 3.63) is 194 Å². The third kappa shape index (κ3) is 14.7. The van der Waals surface area contributed by atoms with Crippen molar-refractivity contribution in [2.24, 2.45) is 0 Å². The number of nitrogens with zero attached hydrogens (tertiary/aromatic N) is 3. The summed E-state index contributed by atoms with van der Waals surface area (Å²) in [6.07, 6.45) is 5.14. The first kappa shape index (κ1) is 54.1. The number of carbonyl (C=O) groups is 3. The Morgan fingerprint density at radius 3 is 0.903 bits per heavy atom. The van der Waals surface area contributed by atoms with Gasteiger partial charge in [-0.3, -0.25) is 29.3 Å². The van der Waals surface area contributed by atoms with Gasteiger partial charge in [0.05, 0.1) is 36.9 Å². The molecule has 0 bridgehead atoms. The maximum Gasteiger partial charge on any atom is 0.255 e. The molecule has 0 spiro atoms. The van der Waals surface area contributed by atoms with Crippen molar-refractivity contribution < 1.29 is 33.7 Å². The first-order valence-electron chi connectivity index (χ1n) is 22.8. The summed E-state index contributed by atoms with van der Waals surface area (Å²) in [5.74, 6) is 1.66. The quantitative estimate of drug-likeness (QED) is 0.0922. The predicted octanol–water partition coefficient (Wildman–Crippen LogP) is 13.9. The number of hydrogen-bond donors (Lipinski definition) is 4. The zero-order chi connectivity index (χ0) is 51.4. The summed E-state index contributed by atoms with van der Waals surface area (Å²) in [7, 11) is 0. The van der Waals surface area contributed by atoms with E-state index in [1.54, 1.807) is 61.9 Å². The molecule has 72 heavy (non-hydrogen) atoms. The molecule has 6 aromatic carbocycles. The number of nitrogens with one attached hydrogen (secondary N) is 3. The summed E-state index contributed by atoms with van der Waals surface area (Å²) in [6.45, 7) is 9.41. The zero-order valence-electron chi connectivity index (χ0n) is 39.8. The Bertz CT molecular complexity index is 2910. The van der Waals surface area contributed by atoms with Gasteiger partial charge in [0.25, 0.3) is 17.7 Å². The van der Waals surface area contributed by atoms with Gasteiger partial charge in [-0.1, -0.05) is 47.8 Å². The number of amides is 3. The van der Waals surface area contributed by atoms with Crippen LogP contribution in [0, 0.1) is 0 Å². The average molecular weight is 1160 g/mol. The Labute approximate surface area is 442 Å². The lowest BCUT2D eigenvalue weighted by molar-refractivity contribution is 0.101. The van der Waals surface area contributed by atoms with Crippen LogP contribution >= 0.6 is 47.8 Å². The second kappa shape index (κ2) is 27.4. The van der Waals surface area contributed by atoms with E-state index in [0.717, 1.165) is 46.1 Å². The van der Waals surface area contributed by atoms with Crippen LogP contribution in [0.1, 0.15) is 58.8 Å². The maximum atomic E-state index is 12.4. The first-order valence-corrected chi connectivity index (χ1v) is 25.2. The predicted molar refractivity (Wildman–Crippen MR) is 298 cm³/mol. The van der Waals surface area contributed by atoms with Crippen molar-refractivity contribution in [1.82, 2.24) is 15.0 Å². The second-order valence-corrected chi connectivity index (χ2v) is 17.8. The van der Waals surface area contributed by atoms with Gasteiger partial charge in [0.2, 0.25) is 0 Å². The normalized spacial score (nSPS) is 10.3. The number of fused-ring (bicyclic) bond motifs is 3. The standard InChI is InChI=1S/3C18H15BrN2O2.C2H6O/c3*1-2-23-16-10-9-15(14-4-3-11-20-17(14)16)21-18(22)12-5-7-13(19)8-6-12;1-2-3/h3*3-11H,2H2,1H3,(H,21,22);3H,2H2,1H3. The van der Waals surface area contributed by atoms with E-state index in [0.29, 0.717) is 70.8 Å². The first-order chi connectivity index (χ1) is 35.0. The van der Waals surface area contributed by atoms with E-state index in [1.807, 2.05) is 130 Å². The van der Waals surface area contributed by atoms with Crippen LogP contribution < -0.4 is 30.2 Å².